The van der Waals surface area contributed by atoms with Crippen LogP contribution in [0.15, 0.2) is 0 Å². The fraction of sp³-hybridized carbons (Fsp3) is 0.833. The van der Waals surface area contributed by atoms with E-state index in [-0.39, 0.29) is 17.9 Å². The van der Waals surface area contributed by atoms with Crippen molar-refractivity contribution >= 4 is 11.9 Å². The molecular weight excluding hydrogens is 208 g/mol. The van der Waals surface area contributed by atoms with E-state index < -0.39 is 5.41 Å². The normalized spacial score (nSPS) is 27.3. The Morgan fingerprint density at radius 2 is 1.81 bits per heavy atom. The monoisotopic (exact) mass is 228 g/mol. The molecule has 16 heavy (non-hydrogen) atoms. The molecule has 0 aromatic heterocycles. The summed E-state index contributed by atoms with van der Waals surface area (Å²) >= 11 is 0. The van der Waals surface area contributed by atoms with Crippen LogP contribution in [0, 0.1) is 11.3 Å². The lowest BCUT2D eigenvalue weighted by Crippen LogP contribution is -2.24. The lowest BCUT2D eigenvalue weighted by atomic mass is 9.97. The van der Waals surface area contributed by atoms with E-state index in [0.717, 1.165) is 6.42 Å². The van der Waals surface area contributed by atoms with Crippen LogP contribution in [0.2, 0.25) is 0 Å². The van der Waals surface area contributed by atoms with Crippen LogP contribution >= 0.6 is 0 Å². The molecule has 92 valence electrons. The van der Waals surface area contributed by atoms with Crippen molar-refractivity contribution in [3.8, 4) is 0 Å². The van der Waals surface area contributed by atoms with E-state index in [1.165, 1.54) is 0 Å². The summed E-state index contributed by atoms with van der Waals surface area (Å²) in [5.41, 5.74) is -0.586. The highest BCUT2D eigenvalue weighted by Gasteiger charge is 2.64. The van der Waals surface area contributed by atoms with Gasteiger partial charge in [0.05, 0.1) is 24.5 Å². The molecule has 4 nitrogen and oxygen atoms in total. The summed E-state index contributed by atoms with van der Waals surface area (Å²) in [6.07, 6.45) is 2.16. The molecule has 1 aliphatic carbocycles. The SMILES string of the molecule is CCCC1(C(=O)OCC)CC1C(=O)OCC. The standard InChI is InChI=1S/C12H20O4/c1-4-7-12(11(14)16-6-3)8-9(12)10(13)15-5-2/h9H,4-8H2,1-3H3. The molecule has 0 amide bonds. The average Bonchev–Trinajstić information content (AvgIpc) is 2.95. The van der Waals surface area contributed by atoms with Gasteiger partial charge in [-0.15, -0.1) is 0 Å². The van der Waals surface area contributed by atoms with Crippen molar-refractivity contribution < 1.29 is 19.1 Å². The Bertz CT molecular complexity index is 274. The van der Waals surface area contributed by atoms with Gasteiger partial charge in [-0.3, -0.25) is 9.59 Å². The minimum absolute atomic E-state index is 0.241. The molecule has 1 fully saturated rings. The molecule has 2 atom stereocenters. The van der Waals surface area contributed by atoms with E-state index in [2.05, 4.69) is 0 Å². The zero-order chi connectivity index (χ0) is 12.2. The molecule has 1 saturated carbocycles. The van der Waals surface area contributed by atoms with Crippen LogP contribution in [0.5, 0.6) is 0 Å². The molecule has 4 heteroatoms. The molecule has 0 saturated heterocycles. The Hall–Kier alpha value is -1.06. The lowest BCUT2D eigenvalue weighted by molar-refractivity contribution is -0.155. The molecular formula is C12H20O4. The lowest BCUT2D eigenvalue weighted by Gasteiger charge is -2.14. The summed E-state index contributed by atoms with van der Waals surface area (Å²) in [6.45, 7) is 6.27. The minimum Gasteiger partial charge on any atom is -0.466 e. The zero-order valence-corrected chi connectivity index (χ0v) is 10.2. The van der Waals surface area contributed by atoms with Crippen molar-refractivity contribution in [2.24, 2.45) is 11.3 Å². The third kappa shape index (κ3) is 2.36. The van der Waals surface area contributed by atoms with E-state index in [4.69, 9.17) is 9.47 Å². The molecule has 0 bridgehead atoms. The van der Waals surface area contributed by atoms with Gasteiger partial charge in [-0.25, -0.2) is 0 Å². The van der Waals surface area contributed by atoms with Crippen LogP contribution in [0.25, 0.3) is 0 Å². The summed E-state index contributed by atoms with van der Waals surface area (Å²) in [5.74, 6) is -0.787. The first-order valence-electron chi connectivity index (χ1n) is 5.96. The van der Waals surface area contributed by atoms with Crippen LogP contribution in [0.4, 0.5) is 0 Å². The molecule has 0 spiro atoms. The second kappa shape index (κ2) is 5.32. The van der Waals surface area contributed by atoms with Crippen LogP contribution in [-0.2, 0) is 19.1 Å². The van der Waals surface area contributed by atoms with Crippen LogP contribution < -0.4 is 0 Å². The number of hydrogen-bond acceptors (Lipinski definition) is 4. The second-order valence-electron chi connectivity index (χ2n) is 4.14. The molecule has 0 aromatic rings. The van der Waals surface area contributed by atoms with Gasteiger partial charge in [0.15, 0.2) is 0 Å². The number of esters is 2. The largest absolute Gasteiger partial charge is 0.466 e. The number of carbonyl (C=O) groups is 2. The van der Waals surface area contributed by atoms with Gasteiger partial charge >= 0.3 is 11.9 Å². The molecule has 0 radical (unpaired) electrons. The first-order valence-corrected chi connectivity index (χ1v) is 5.96. The average molecular weight is 228 g/mol. The summed E-state index contributed by atoms with van der Waals surface area (Å²) in [4.78, 5) is 23.4. The molecule has 0 N–H and O–H groups in total. The van der Waals surface area contributed by atoms with Crippen LogP contribution in [0.3, 0.4) is 0 Å². The fourth-order valence-corrected chi connectivity index (χ4v) is 2.18. The van der Waals surface area contributed by atoms with E-state index in [1.807, 2.05) is 6.92 Å². The predicted octanol–water partition coefficient (Wildman–Crippen LogP) is 1.92. The summed E-state index contributed by atoms with van der Waals surface area (Å²) in [7, 11) is 0. The Labute approximate surface area is 96.3 Å². The fourth-order valence-electron chi connectivity index (χ4n) is 2.18. The number of hydrogen-bond donors (Lipinski definition) is 0. The maximum Gasteiger partial charge on any atom is 0.312 e. The molecule has 0 heterocycles. The van der Waals surface area contributed by atoms with Gasteiger partial charge in [-0.2, -0.15) is 0 Å². The second-order valence-corrected chi connectivity index (χ2v) is 4.14. The van der Waals surface area contributed by atoms with Crippen molar-refractivity contribution in [1.29, 1.82) is 0 Å². The first-order chi connectivity index (χ1) is 7.62. The zero-order valence-electron chi connectivity index (χ0n) is 10.2. The van der Waals surface area contributed by atoms with Gasteiger partial charge < -0.3 is 9.47 Å². The van der Waals surface area contributed by atoms with E-state index in [9.17, 15) is 9.59 Å². The van der Waals surface area contributed by atoms with Gasteiger partial charge in [0.1, 0.15) is 0 Å². The van der Waals surface area contributed by atoms with Crippen molar-refractivity contribution in [3.05, 3.63) is 0 Å². The Morgan fingerprint density at radius 3 is 2.31 bits per heavy atom. The quantitative estimate of drug-likeness (QED) is 0.652. The number of ether oxygens (including phenoxy) is 2. The van der Waals surface area contributed by atoms with Crippen molar-refractivity contribution in [1.82, 2.24) is 0 Å². The van der Waals surface area contributed by atoms with Crippen molar-refractivity contribution in [2.75, 3.05) is 13.2 Å². The van der Waals surface area contributed by atoms with Crippen LogP contribution in [-0.4, -0.2) is 25.2 Å². The van der Waals surface area contributed by atoms with Crippen molar-refractivity contribution in [2.45, 2.75) is 40.0 Å². The molecule has 0 aliphatic heterocycles. The summed E-state index contributed by atoms with van der Waals surface area (Å²) in [5, 5.41) is 0. The third-order valence-corrected chi connectivity index (χ3v) is 3.02. The Morgan fingerprint density at radius 1 is 1.19 bits per heavy atom. The summed E-state index contributed by atoms with van der Waals surface area (Å²) < 4.78 is 9.98. The van der Waals surface area contributed by atoms with Gasteiger partial charge in [0.25, 0.3) is 0 Å². The molecule has 2 unspecified atom stereocenters. The Kier molecular flexibility index (Phi) is 4.33. The highest BCUT2D eigenvalue weighted by atomic mass is 16.5. The predicted molar refractivity (Wildman–Crippen MR) is 58.7 cm³/mol. The first kappa shape index (κ1) is 13.0. The molecule has 0 aromatic carbocycles. The Balaban J connectivity index is 2.65. The van der Waals surface area contributed by atoms with Gasteiger partial charge in [-0.1, -0.05) is 13.3 Å². The van der Waals surface area contributed by atoms with E-state index in [1.54, 1.807) is 13.8 Å². The van der Waals surface area contributed by atoms with E-state index in [0.29, 0.717) is 26.1 Å². The smallest absolute Gasteiger partial charge is 0.312 e. The van der Waals surface area contributed by atoms with Gasteiger partial charge in [0, 0.05) is 0 Å². The van der Waals surface area contributed by atoms with Crippen molar-refractivity contribution in [3.63, 3.8) is 0 Å². The topological polar surface area (TPSA) is 52.6 Å². The van der Waals surface area contributed by atoms with Gasteiger partial charge in [0.2, 0.25) is 0 Å². The number of rotatable bonds is 6. The highest BCUT2D eigenvalue weighted by molar-refractivity contribution is 5.91. The molecule has 1 rings (SSSR count). The van der Waals surface area contributed by atoms with E-state index >= 15 is 0 Å². The molecule has 1 aliphatic rings. The minimum atomic E-state index is -0.586. The maximum absolute atomic E-state index is 11.8. The highest BCUT2D eigenvalue weighted by Crippen LogP contribution is 2.57. The maximum atomic E-state index is 11.8. The third-order valence-electron chi connectivity index (χ3n) is 3.02. The summed E-state index contributed by atoms with van der Waals surface area (Å²) in [6, 6.07) is 0. The number of carbonyl (C=O) groups excluding carboxylic acids is 2. The van der Waals surface area contributed by atoms with Crippen LogP contribution in [0.1, 0.15) is 40.0 Å². The van der Waals surface area contributed by atoms with Gasteiger partial charge in [-0.05, 0) is 26.7 Å².